The standard InChI is InChI=1S/C15H28N4/c1-11(2)19-10-17-8-15(19)14(7-16)18-6-5-12(3)13(4)9-18/h8,10-14H,5-7,9,16H2,1-4H3. The van der Waals surface area contributed by atoms with Gasteiger partial charge in [0.05, 0.1) is 18.1 Å². The second-order valence-electron chi connectivity index (χ2n) is 6.31. The summed E-state index contributed by atoms with van der Waals surface area (Å²) in [6.07, 6.45) is 5.19. The Bertz CT molecular complexity index is 399. The lowest BCUT2D eigenvalue weighted by Crippen LogP contribution is -2.43. The van der Waals surface area contributed by atoms with Crippen LogP contribution in [-0.2, 0) is 0 Å². The van der Waals surface area contributed by atoms with Gasteiger partial charge in [0.25, 0.3) is 0 Å². The first kappa shape index (κ1) is 14.5. The highest BCUT2D eigenvalue weighted by atomic mass is 15.2. The molecule has 3 unspecified atom stereocenters. The molecule has 108 valence electrons. The fourth-order valence-corrected chi connectivity index (χ4v) is 3.04. The SMILES string of the molecule is CC1CCN(C(CN)c2cncn2C(C)C)CC1C. The fraction of sp³-hybridized carbons (Fsp3) is 0.800. The van der Waals surface area contributed by atoms with Crippen molar-refractivity contribution >= 4 is 0 Å². The lowest BCUT2D eigenvalue weighted by molar-refractivity contribution is 0.0943. The van der Waals surface area contributed by atoms with Gasteiger partial charge in [0, 0.05) is 25.3 Å². The maximum atomic E-state index is 6.06. The van der Waals surface area contributed by atoms with Crippen LogP contribution in [0.1, 0.15) is 51.9 Å². The van der Waals surface area contributed by atoms with Gasteiger partial charge < -0.3 is 10.3 Å². The van der Waals surface area contributed by atoms with E-state index in [2.05, 4.69) is 42.1 Å². The Morgan fingerprint density at radius 1 is 1.37 bits per heavy atom. The van der Waals surface area contributed by atoms with Crippen LogP contribution in [0.3, 0.4) is 0 Å². The third kappa shape index (κ3) is 3.00. The Labute approximate surface area is 117 Å². The molecule has 2 N–H and O–H groups in total. The molecule has 0 saturated carbocycles. The van der Waals surface area contributed by atoms with Crippen LogP contribution < -0.4 is 5.73 Å². The van der Waals surface area contributed by atoms with E-state index in [-0.39, 0.29) is 0 Å². The van der Waals surface area contributed by atoms with Crippen LogP contribution in [-0.4, -0.2) is 34.1 Å². The number of hydrogen-bond acceptors (Lipinski definition) is 3. The van der Waals surface area contributed by atoms with Gasteiger partial charge in [0.15, 0.2) is 0 Å². The molecule has 0 aromatic carbocycles. The quantitative estimate of drug-likeness (QED) is 0.908. The van der Waals surface area contributed by atoms with Crippen molar-refractivity contribution in [2.45, 2.75) is 46.2 Å². The number of piperidine rings is 1. The van der Waals surface area contributed by atoms with E-state index in [4.69, 9.17) is 5.73 Å². The number of imidazole rings is 1. The average Bonchev–Trinajstić information content (AvgIpc) is 2.84. The van der Waals surface area contributed by atoms with E-state index >= 15 is 0 Å². The zero-order valence-electron chi connectivity index (χ0n) is 12.7. The molecule has 19 heavy (non-hydrogen) atoms. The first-order chi connectivity index (χ1) is 9.04. The summed E-state index contributed by atoms with van der Waals surface area (Å²) >= 11 is 0. The second kappa shape index (κ2) is 6.06. The van der Waals surface area contributed by atoms with Gasteiger partial charge in [-0.05, 0) is 38.6 Å². The molecule has 2 heterocycles. The minimum atomic E-state index is 0.305. The smallest absolute Gasteiger partial charge is 0.0951 e. The summed E-state index contributed by atoms with van der Waals surface area (Å²) in [7, 11) is 0. The van der Waals surface area contributed by atoms with Gasteiger partial charge in [0.1, 0.15) is 0 Å². The monoisotopic (exact) mass is 264 g/mol. The summed E-state index contributed by atoms with van der Waals surface area (Å²) in [4.78, 5) is 6.86. The Hall–Kier alpha value is -0.870. The Balaban J connectivity index is 2.18. The first-order valence-corrected chi connectivity index (χ1v) is 7.50. The predicted molar refractivity (Wildman–Crippen MR) is 78.9 cm³/mol. The van der Waals surface area contributed by atoms with Gasteiger partial charge in [-0.15, -0.1) is 0 Å². The van der Waals surface area contributed by atoms with Gasteiger partial charge >= 0.3 is 0 Å². The van der Waals surface area contributed by atoms with Crippen molar-refractivity contribution in [1.29, 1.82) is 0 Å². The number of aromatic nitrogens is 2. The Morgan fingerprint density at radius 3 is 2.68 bits per heavy atom. The van der Waals surface area contributed by atoms with E-state index < -0.39 is 0 Å². The maximum Gasteiger partial charge on any atom is 0.0951 e. The van der Waals surface area contributed by atoms with Crippen molar-refractivity contribution in [1.82, 2.24) is 14.5 Å². The van der Waals surface area contributed by atoms with Crippen LogP contribution in [0.5, 0.6) is 0 Å². The van der Waals surface area contributed by atoms with Crippen LogP contribution in [0, 0.1) is 11.8 Å². The largest absolute Gasteiger partial charge is 0.331 e. The summed E-state index contributed by atoms with van der Waals surface area (Å²) in [5.41, 5.74) is 7.32. The van der Waals surface area contributed by atoms with Crippen LogP contribution >= 0.6 is 0 Å². The molecule has 4 nitrogen and oxygen atoms in total. The zero-order valence-corrected chi connectivity index (χ0v) is 12.7. The zero-order chi connectivity index (χ0) is 14.0. The van der Waals surface area contributed by atoms with Crippen LogP contribution in [0.15, 0.2) is 12.5 Å². The van der Waals surface area contributed by atoms with Crippen molar-refractivity contribution in [2.24, 2.45) is 17.6 Å². The number of nitrogens with zero attached hydrogens (tertiary/aromatic N) is 3. The van der Waals surface area contributed by atoms with Crippen molar-refractivity contribution in [3.05, 3.63) is 18.2 Å². The summed E-state index contributed by atoms with van der Waals surface area (Å²) in [5.74, 6) is 1.57. The molecule has 1 aromatic heterocycles. The fourth-order valence-electron chi connectivity index (χ4n) is 3.04. The number of rotatable bonds is 4. The van der Waals surface area contributed by atoms with Crippen molar-refractivity contribution in [3.63, 3.8) is 0 Å². The number of likely N-dealkylation sites (tertiary alicyclic amines) is 1. The highest BCUT2D eigenvalue weighted by Crippen LogP contribution is 2.30. The van der Waals surface area contributed by atoms with Crippen molar-refractivity contribution in [2.75, 3.05) is 19.6 Å². The van der Waals surface area contributed by atoms with Gasteiger partial charge in [-0.2, -0.15) is 0 Å². The lowest BCUT2D eigenvalue weighted by atomic mass is 9.87. The molecule has 1 aromatic rings. The van der Waals surface area contributed by atoms with Crippen molar-refractivity contribution < 1.29 is 0 Å². The summed E-state index contributed by atoms with van der Waals surface area (Å²) in [6.45, 7) is 12.1. The Kier molecular flexibility index (Phi) is 4.63. The normalized spacial score (nSPS) is 26.8. The summed E-state index contributed by atoms with van der Waals surface area (Å²) in [5, 5.41) is 0. The molecule has 0 aliphatic carbocycles. The third-order valence-corrected chi connectivity index (χ3v) is 4.62. The minimum absolute atomic E-state index is 0.305. The molecular weight excluding hydrogens is 236 g/mol. The van der Waals surface area contributed by atoms with Crippen LogP contribution in [0.4, 0.5) is 0 Å². The van der Waals surface area contributed by atoms with E-state index in [9.17, 15) is 0 Å². The predicted octanol–water partition coefficient (Wildman–Crippen LogP) is 2.44. The topological polar surface area (TPSA) is 47.1 Å². The van der Waals surface area contributed by atoms with Gasteiger partial charge in [-0.25, -0.2) is 4.98 Å². The average molecular weight is 264 g/mol. The number of nitrogens with two attached hydrogens (primary N) is 1. The first-order valence-electron chi connectivity index (χ1n) is 7.50. The molecule has 4 heteroatoms. The molecular formula is C15H28N4. The second-order valence-corrected chi connectivity index (χ2v) is 6.31. The van der Waals surface area contributed by atoms with Gasteiger partial charge in [-0.3, -0.25) is 4.90 Å². The molecule has 1 aliphatic heterocycles. The van der Waals surface area contributed by atoms with Gasteiger partial charge in [0.2, 0.25) is 0 Å². The molecule has 0 bridgehead atoms. The van der Waals surface area contributed by atoms with Crippen molar-refractivity contribution in [3.8, 4) is 0 Å². The van der Waals surface area contributed by atoms with E-state index in [1.807, 2.05) is 12.5 Å². The van der Waals surface area contributed by atoms with E-state index in [0.29, 0.717) is 18.6 Å². The van der Waals surface area contributed by atoms with E-state index in [0.717, 1.165) is 24.9 Å². The molecule has 1 fully saturated rings. The lowest BCUT2D eigenvalue weighted by Gasteiger charge is -2.40. The minimum Gasteiger partial charge on any atom is -0.331 e. The molecule has 0 radical (unpaired) electrons. The maximum absolute atomic E-state index is 6.06. The molecule has 3 atom stereocenters. The molecule has 0 amide bonds. The van der Waals surface area contributed by atoms with Gasteiger partial charge in [-0.1, -0.05) is 13.8 Å². The summed E-state index contributed by atoms with van der Waals surface area (Å²) in [6, 6.07) is 0.743. The number of hydrogen-bond donors (Lipinski definition) is 1. The summed E-state index contributed by atoms with van der Waals surface area (Å²) < 4.78 is 2.25. The molecule has 1 aliphatic rings. The molecule has 0 spiro atoms. The molecule has 1 saturated heterocycles. The van der Waals surface area contributed by atoms with Crippen LogP contribution in [0.25, 0.3) is 0 Å². The van der Waals surface area contributed by atoms with E-state index in [1.165, 1.54) is 12.1 Å². The van der Waals surface area contributed by atoms with Crippen LogP contribution in [0.2, 0.25) is 0 Å². The third-order valence-electron chi connectivity index (χ3n) is 4.62. The highest BCUT2D eigenvalue weighted by Gasteiger charge is 2.29. The molecule has 2 rings (SSSR count). The Morgan fingerprint density at radius 2 is 2.11 bits per heavy atom. The van der Waals surface area contributed by atoms with E-state index in [1.54, 1.807) is 0 Å². The highest BCUT2D eigenvalue weighted by molar-refractivity contribution is 5.08.